The van der Waals surface area contributed by atoms with E-state index in [1.807, 2.05) is 19.9 Å². The predicted octanol–water partition coefficient (Wildman–Crippen LogP) is 1.70. The number of nitriles is 1. The molecule has 0 atom stereocenters. The first-order chi connectivity index (χ1) is 4.81. The fraction of sp³-hybridized carbons (Fsp3) is 0.714. The molecule has 0 aromatic heterocycles. The van der Waals surface area contributed by atoms with Gasteiger partial charge in [-0.15, -0.1) is 0 Å². The quantitative estimate of drug-likeness (QED) is 0.339. The molecule has 0 aliphatic heterocycles. The topological polar surface area (TPSA) is 45.4 Å². The van der Waals surface area contributed by atoms with Crippen LogP contribution in [0.15, 0.2) is 5.16 Å². The van der Waals surface area contributed by atoms with Crippen LogP contribution in [0.4, 0.5) is 0 Å². The molecule has 0 radical (unpaired) electrons. The van der Waals surface area contributed by atoms with Crippen molar-refractivity contribution in [3.8, 4) is 6.07 Å². The van der Waals surface area contributed by atoms with Crippen molar-refractivity contribution < 1.29 is 4.84 Å². The molecular formula is C7H12N2O. The van der Waals surface area contributed by atoms with Crippen LogP contribution in [0.25, 0.3) is 0 Å². The van der Waals surface area contributed by atoms with E-state index in [0.717, 1.165) is 12.1 Å². The van der Waals surface area contributed by atoms with Crippen molar-refractivity contribution >= 4 is 5.71 Å². The van der Waals surface area contributed by atoms with Gasteiger partial charge in [0.1, 0.15) is 6.61 Å². The molecular weight excluding hydrogens is 128 g/mol. The molecule has 0 rings (SSSR count). The van der Waals surface area contributed by atoms with E-state index in [0.29, 0.717) is 13.0 Å². The van der Waals surface area contributed by atoms with Gasteiger partial charge < -0.3 is 4.84 Å². The van der Waals surface area contributed by atoms with Crippen molar-refractivity contribution in [3.63, 3.8) is 0 Å². The molecule has 0 saturated heterocycles. The van der Waals surface area contributed by atoms with E-state index in [-0.39, 0.29) is 0 Å². The predicted molar refractivity (Wildman–Crippen MR) is 39.6 cm³/mol. The minimum atomic E-state index is 0.397. The third-order valence-corrected chi connectivity index (χ3v) is 1.04. The summed E-state index contributed by atoms with van der Waals surface area (Å²) in [5, 5.41) is 11.9. The van der Waals surface area contributed by atoms with E-state index in [1.54, 1.807) is 0 Å². The molecule has 0 N–H and O–H groups in total. The molecule has 3 heteroatoms. The number of rotatable bonds is 4. The number of hydrogen-bond acceptors (Lipinski definition) is 3. The van der Waals surface area contributed by atoms with Crippen molar-refractivity contribution in [2.24, 2.45) is 5.16 Å². The Morgan fingerprint density at radius 1 is 1.70 bits per heavy atom. The Morgan fingerprint density at radius 3 is 2.90 bits per heavy atom. The van der Waals surface area contributed by atoms with E-state index < -0.39 is 0 Å². The number of nitrogens with zero attached hydrogens (tertiary/aromatic N) is 2. The van der Waals surface area contributed by atoms with Gasteiger partial charge >= 0.3 is 0 Å². The lowest BCUT2D eigenvalue weighted by molar-refractivity contribution is 0.149. The number of hydrogen-bond donors (Lipinski definition) is 0. The van der Waals surface area contributed by atoms with Crippen LogP contribution in [0.3, 0.4) is 0 Å². The molecule has 0 heterocycles. The monoisotopic (exact) mass is 140 g/mol. The molecule has 0 saturated carbocycles. The summed E-state index contributed by atoms with van der Waals surface area (Å²) in [6.07, 6.45) is 1.30. The van der Waals surface area contributed by atoms with Crippen molar-refractivity contribution in [1.82, 2.24) is 0 Å². The highest BCUT2D eigenvalue weighted by molar-refractivity contribution is 5.80. The van der Waals surface area contributed by atoms with Crippen molar-refractivity contribution in [2.45, 2.75) is 26.7 Å². The molecule has 0 amide bonds. The van der Waals surface area contributed by atoms with E-state index in [1.165, 1.54) is 0 Å². The van der Waals surface area contributed by atoms with E-state index >= 15 is 0 Å². The molecule has 56 valence electrons. The highest BCUT2D eigenvalue weighted by atomic mass is 16.6. The summed E-state index contributed by atoms with van der Waals surface area (Å²) < 4.78 is 0. The molecule has 0 aromatic rings. The lowest BCUT2D eigenvalue weighted by atomic mass is 10.3. The van der Waals surface area contributed by atoms with Crippen LogP contribution in [0.1, 0.15) is 26.7 Å². The zero-order valence-corrected chi connectivity index (χ0v) is 6.42. The highest BCUT2D eigenvalue weighted by Gasteiger charge is 1.85. The molecule has 3 nitrogen and oxygen atoms in total. The Labute approximate surface area is 61.3 Å². The summed E-state index contributed by atoms with van der Waals surface area (Å²) in [7, 11) is 0. The molecule has 0 unspecified atom stereocenters. The third kappa shape index (κ3) is 5.10. The lowest BCUT2D eigenvalue weighted by Crippen LogP contribution is -1.91. The van der Waals surface area contributed by atoms with Gasteiger partial charge in [0.05, 0.1) is 18.2 Å². The zero-order chi connectivity index (χ0) is 7.82. The van der Waals surface area contributed by atoms with E-state index in [9.17, 15) is 0 Å². The van der Waals surface area contributed by atoms with Crippen molar-refractivity contribution in [3.05, 3.63) is 0 Å². The van der Waals surface area contributed by atoms with Gasteiger partial charge in [-0.2, -0.15) is 5.26 Å². The minimum Gasteiger partial charge on any atom is -0.395 e. The maximum atomic E-state index is 8.11. The molecule has 0 aliphatic rings. The molecule has 0 fully saturated rings. The van der Waals surface area contributed by atoms with Crippen LogP contribution >= 0.6 is 0 Å². The SMILES string of the molecule is CC/C(C)=N\OCCC#N. The smallest absolute Gasteiger partial charge is 0.130 e. The Bertz CT molecular complexity index is 146. The molecule has 10 heavy (non-hydrogen) atoms. The minimum absolute atomic E-state index is 0.397. The second-order valence-corrected chi connectivity index (χ2v) is 1.92. The Balaban J connectivity index is 3.27. The Morgan fingerprint density at radius 2 is 2.40 bits per heavy atom. The highest BCUT2D eigenvalue weighted by Crippen LogP contribution is 1.87. The molecule has 0 aromatic carbocycles. The summed E-state index contributed by atoms with van der Waals surface area (Å²) in [5.74, 6) is 0. The summed E-state index contributed by atoms with van der Waals surface area (Å²) >= 11 is 0. The van der Waals surface area contributed by atoms with Gasteiger partial charge in [0, 0.05) is 0 Å². The van der Waals surface area contributed by atoms with Crippen LogP contribution in [0.5, 0.6) is 0 Å². The summed E-state index contributed by atoms with van der Waals surface area (Å²) in [6.45, 7) is 4.30. The Hall–Kier alpha value is -1.04. The number of oxime groups is 1. The summed E-state index contributed by atoms with van der Waals surface area (Å²) in [4.78, 5) is 4.79. The van der Waals surface area contributed by atoms with Gasteiger partial charge in [-0.05, 0) is 13.3 Å². The van der Waals surface area contributed by atoms with Crippen LogP contribution in [0.2, 0.25) is 0 Å². The van der Waals surface area contributed by atoms with Gasteiger partial charge in [-0.1, -0.05) is 12.1 Å². The first kappa shape index (κ1) is 8.96. The average molecular weight is 140 g/mol. The zero-order valence-electron chi connectivity index (χ0n) is 6.42. The molecule has 0 aliphatic carbocycles. The fourth-order valence-electron chi connectivity index (χ4n) is 0.312. The summed E-state index contributed by atoms with van der Waals surface area (Å²) in [5.41, 5.74) is 0.956. The standard InChI is InChI=1S/C7H12N2O/c1-3-7(2)9-10-6-4-5-8/h3-4,6H2,1-2H3/b9-7-. The fourth-order valence-corrected chi connectivity index (χ4v) is 0.312. The van der Waals surface area contributed by atoms with Gasteiger partial charge in [-0.25, -0.2) is 0 Å². The van der Waals surface area contributed by atoms with Crippen molar-refractivity contribution in [2.75, 3.05) is 6.61 Å². The van der Waals surface area contributed by atoms with Gasteiger partial charge in [0.15, 0.2) is 0 Å². The first-order valence-electron chi connectivity index (χ1n) is 3.33. The first-order valence-corrected chi connectivity index (χ1v) is 3.33. The Kier molecular flexibility index (Phi) is 5.45. The van der Waals surface area contributed by atoms with Gasteiger partial charge in [0.25, 0.3) is 0 Å². The van der Waals surface area contributed by atoms with E-state index in [4.69, 9.17) is 10.1 Å². The van der Waals surface area contributed by atoms with E-state index in [2.05, 4.69) is 5.16 Å². The van der Waals surface area contributed by atoms with Gasteiger partial charge in [-0.3, -0.25) is 0 Å². The lowest BCUT2D eigenvalue weighted by Gasteiger charge is -1.95. The van der Waals surface area contributed by atoms with Crippen molar-refractivity contribution in [1.29, 1.82) is 5.26 Å². The van der Waals surface area contributed by atoms with Crippen LogP contribution < -0.4 is 0 Å². The molecule has 0 bridgehead atoms. The van der Waals surface area contributed by atoms with Crippen LogP contribution in [-0.4, -0.2) is 12.3 Å². The maximum Gasteiger partial charge on any atom is 0.130 e. The average Bonchev–Trinajstić information content (AvgIpc) is 1.98. The normalized spacial score (nSPS) is 10.7. The summed E-state index contributed by atoms with van der Waals surface area (Å²) in [6, 6.07) is 1.97. The third-order valence-electron chi connectivity index (χ3n) is 1.04. The maximum absolute atomic E-state index is 8.11. The second kappa shape index (κ2) is 6.09. The second-order valence-electron chi connectivity index (χ2n) is 1.92. The van der Waals surface area contributed by atoms with Gasteiger partial charge in [0.2, 0.25) is 0 Å². The van der Waals surface area contributed by atoms with Crippen LogP contribution in [0, 0.1) is 11.3 Å². The van der Waals surface area contributed by atoms with Crippen LogP contribution in [-0.2, 0) is 4.84 Å². The largest absolute Gasteiger partial charge is 0.395 e. The molecule has 0 spiro atoms.